The molecule has 3 rings (SSSR count). The van der Waals surface area contributed by atoms with Gasteiger partial charge in [0.2, 0.25) is 0 Å². The molecule has 2 heterocycles. The molecular formula is C23H31N3O4. The van der Waals surface area contributed by atoms with E-state index in [1.807, 2.05) is 31.2 Å². The molecule has 7 nitrogen and oxygen atoms in total. The summed E-state index contributed by atoms with van der Waals surface area (Å²) in [4.78, 5) is 30.5. The van der Waals surface area contributed by atoms with Gasteiger partial charge in [-0.25, -0.2) is 4.79 Å². The van der Waals surface area contributed by atoms with E-state index in [2.05, 4.69) is 29.0 Å². The Morgan fingerprint density at radius 3 is 2.40 bits per heavy atom. The van der Waals surface area contributed by atoms with E-state index in [1.54, 1.807) is 6.92 Å². The van der Waals surface area contributed by atoms with Crippen molar-refractivity contribution in [1.82, 2.24) is 4.98 Å². The lowest BCUT2D eigenvalue weighted by atomic mass is 10.0. The Morgan fingerprint density at radius 1 is 1.20 bits per heavy atom. The summed E-state index contributed by atoms with van der Waals surface area (Å²) in [5.41, 5.74) is 4.01. The number of benzene rings is 1. The molecule has 0 bridgehead atoms. The highest BCUT2D eigenvalue weighted by atomic mass is 16.5. The van der Waals surface area contributed by atoms with E-state index in [-0.39, 0.29) is 18.1 Å². The van der Waals surface area contributed by atoms with Crippen molar-refractivity contribution in [3.8, 4) is 0 Å². The molecule has 0 aliphatic carbocycles. The number of aryl methyl sites for hydroxylation is 1. The Morgan fingerprint density at radius 2 is 1.83 bits per heavy atom. The summed E-state index contributed by atoms with van der Waals surface area (Å²) in [5, 5.41) is 2.94. The third-order valence-corrected chi connectivity index (χ3v) is 5.32. The zero-order chi connectivity index (χ0) is 21.8. The topological polar surface area (TPSA) is 83.7 Å². The van der Waals surface area contributed by atoms with Crippen LogP contribution in [-0.4, -0.2) is 49.3 Å². The van der Waals surface area contributed by atoms with Gasteiger partial charge < -0.3 is 24.7 Å². The second kappa shape index (κ2) is 9.34. The smallest absolute Gasteiger partial charge is 0.339 e. The third kappa shape index (κ3) is 4.67. The van der Waals surface area contributed by atoms with Crippen LogP contribution >= 0.6 is 0 Å². The molecule has 30 heavy (non-hydrogen) atoms. The maximum absolute atomic E-state index is 12.9. The van der Waals surface area contributed by atoms with Crippen molar-refractivity contribution >= 4 is 23.3 Å². The monoisotopic (exact) mass is 413 g/mol. The van der Waals surface area contributed by atoms with Crippen LogP contribution in [0.1, 0.15) is 59.3 Å². The molecule has 2 aromatic rings. The Kier molecular flexibility index (Phi) is 6.82. The molecule has 1 saturated heterocycles. The number of carbonyl (C=O) groups excluding carboxylic acids is 2. The largest absolute Gasteiger partial charge is 0.465 e. The highest BCUT2D eigenvalue weighted by Gasteiger charge is 2.25. The lowest BCUT2D eigenvalue weighted by Crippen LogP contribution is -2.45. The van der Waals surface area contributed by atoms with E-state index in [0.29, 0.717) is 34.6 Å². The number of anilines is 2. The van der Waals surface area contributed by atoms with Crippen molar-refractivity contribution in [2.45, 2.75) is 52.7 Å². The second-order valence-corrected chi connectivity index (χ2v) is 7.88. The van der Waals surface area contributed by atoms with Gasteiger partial charge in [-0.1, -0.05) is 13.3 Å². The van der Waals surface area contributed by atoms with Gasteiger partial charge in [-0.2, -0.15) is 0 Å². The van der Waals surface area contributed by atoms with E-state index in [0.717, 1.165) is 25.2 Å². The van der Waals surface area contributed by atoms with Gasteiger partial charge in [-0.05, 0) is 57.0 Å². The molecular weight excluding hydrogens is 382 g/mol. The van der Waals surface area contributed by atoms with Crippen molar-refractivity contribution in [1.29, 1.82) is 0 Å². The predicted octanol–water partition coefficient (Wildman–Crippen LogP) is 3.93. The van der Waals surface area contributed by atoms with Gasteiger partial charge in [0.25, 0.3) is 5.91 Å². The minimum absolute atomic E-state index is 0.185. The van der Waals surface area contributed by atoms with Crippen molar-refractivity contribution in [2.24, 2.45) is 0 Å². The number of amides is 1. The van der Waals surface area contributed by atoms with Crippen LogP contribution in [0.25, 0.3) is 0 Å². The predicted molar refractivity (Wildman–Crippen MR) is 117 cm³/mol. The number of ether oxygens (including phenoxy) is 2. The van der Waals surface area contributed by atoms with Crippen molar-refractivity contribution < 1.29 is 19.1 Å². The maximum Gasteiger partial charge on any atom is 0.339 e. The Bertz CT molecular complexity index is 894. The number of methoxy groups -OCH3 is 1. The fourth-order valence-corrected chi connectivity index (χ4v) is 4.09. The van der Waals surface area contributed by atoms with E-state index in [4.69, 9.17) is 9.47 Å². The average Bonchev–Trinajstić information content (AvgIpc) is 3.03. The van der Waals surface area contributed by atoms with Crippen LogP contribution in [-0.2, 0) is 15.9 Å². The lowest BCUT2D eigenvalue weighted by molar-refractivity contribution is -0.00522. The molecule has 1 fully saturated rings. The molecule has 0 radical (unpaired) electrons. The van der Waals surface area contributed by atoms with Gasteiger partial charge in [0.05, 0.1) is 24.9 Å². The summed E-state index contributed by atoms with van der Waals surface area (Å²) in [6, 6.07) is 7.81. The number of H-pyrrole nitrogens is 1. The number of nitrogens with one attached hydrogen (secondary N) is 2. The lowest BCUT2D eigenvalue weighted by Gasteiger charge is -2.36. The molecule has 1 aliphatic rings. The molecule has 1 aromatic heterocycles. The van der Waals surface area contributed by atoms with Gasteiger partial charge >= 0.3 is 5.97 Å². The normalized spacial score (nSPS) is 18.9. The Hall–Kier alpha value is -2.80. The minimum atomic E-state index is -0.426. The SMILES string of the molecule is CCCc1c(C(=O)Nc2ccc(N3CC(C)OC(C)C3)cc2)[nH]c(C)c1C(=O)OC. The van der Waals surface area contributed by atoms with Crippen LogP contribution in [0.5, 0.6) is 0 Å². The number of esters is 1. The fourth-order valence-electron chi connectivity index (χ4n) is 4.09. The molecule has 0 saturated carbocycles. The first kappa shape index (κ1) is 21.9. The molecule has 2 atom stereocenters. The van der Waals surface area contributed by atoms with Crippen LogP contribution in [0.2, 0.25) is 0 Å². The highest BCUT2D eigenvalue weighted by molar-refractivity contribution is 6.07. The van der Waals surface area contributed by atoms with Crippen LogP contribution < -0.4 is 10.2 Å². The first-order chi connectivity index (χ1) is 14.3. The van der Waals surface area contributed by atoms with E-state index in [9.17, 15) is 9.59 Å². The highest BCUT2D eigenvalue weighted by Crippen LogP contribution is 2.25. The fraction of sp³-hybridized carbons (Fsp3) is 0.478. The Balaban J connectivity index is 1.77. The number of morpholine rings is 1. The summed E-state index contributed by atoms with van der Waals surface area (Å²) in [6.45, 7) is 9.62. The first-order valence-corrected chi connectivity index (χ1v) is 10.5. The number of hydrogen-bond donors (Lipinski definition) is 2. The van der Waals surface area contributed by atoms with Gasteiger partial charge in [-0.3, -0.25) is 4.79 Å². The van der Waals surface area contributed by atoms with Gasteiger partial charge in [0, 0.05) is 30.2 Å². The molecule has 162 valence electrons. The summed E-state index contributed by atoms with van der Waals surface area (Å²) in [7, 11) is 1.35. The van der Waals surface area contributed by atoms with Crippen molar-refractivity contribution in [3.05, 3.63) is 46.8 Å². The number of carbonyl (C=O) groups is 2. The molecule has 2 unspecified atom stereocenters. The number of aromatic nitrogens is 1. The van der Waals surface area contributed by atoms with E-state index < -0.39 is 5.97 Å². The number of hydrogen-bond acceptors (Lipinski definition) is 5. The van der Waals surface area contributed by atoms with Crippen LogP contribution in [0.15, 0.2) is 24.3 Å². The van der Waals surface area contributed by atoms with Crippen LogP contribution in [0, 0.1) is 6.92 Å². The molecule has 1 aliphatic heterocycles. The summed E-state index contributed by atoms with van der Waals surface area (Å²) >= 11 is 0. The zero-order valence-corrected chi connectivity index (χ0v) is 18.4. The summed E-state index contributed by atoms with van der Waals surface area (Å²) in [5.74, 6) is -0.692. The number of nitrogens with zero attached hydrogens (tertiary/aromatic N) is 1. The van der Waals surface area contributed by atoms with Gasteiger partial charge in [0.15, 0.2) is 0 Å². The van der Waals surface area contributed by atoms with Crippen LogP contribution in [0.4, 0.5) is 11.4 Å². The quantitative estimate of drug-likeness (QED) is 0.701. The first-order valence-electron chi connectivity index (χ1n) is 10.5. The minimum Gasteiger partial charge on any atom is -0.465 e. The molecule has 0 spiro atoms. The van der Waals surface area contributed by atoms with Crippen molar-refractivity contribution in [2.75, 3.05) is 30.4 Å². The molecule has 1 amide bonds. The summed E-state index contributed by atoms with van der Waals surface area (Å²) < 4.78 is 10.7. The van der Waals surface area contributed by atoms with E-state index >= 15 is 0 Å². The standard InChI is InChI=1S/C23H31N3O4/c1-6-7-19-20(23(28)29-5)16(4)24-21(19)22(27)25-17-8-10-18(11-9-17)26-12-14(2)30-15(3)13-26/h8-11,14-15,24H,6-7,12-13H2,1-5H3,(H,25,27). The third-order valence-electron chi connectivity index (χ3n) is 5.32. The zero-order valence-electron chi connectivity index (χ0n) is 18.4. The Labute approximate surface area is 177 Å². The van der Waals surface area contributed by atoms with E-state index in [1.165, 1.54) is 7.11 Å². The van der Waals surface area contributed by atoms with Gasteiger partial charge in [-0.15, -0.1) is 0 Å². The van der Waals surface area contributed by atoms with Crippen LogP contribution in [0.3, 0.4) is 0 Å². The molecule has 7 heteroatoms. The number of rotatable bonds is 6. The molecule has 1 aromatic carbocycles. The second-order valence-electron chi connectivity index (χ2n) is 7.88. The van der Waals surface area contributed by atoms with Crippen molar-refractivity contribution in [3.63, 3.8) is 0 Å². The average molecular weight is 414 g/mol. The summed E-state index contributed by atoms with van der Waals surface area (Å²) in [6.07, 6.45) is 1.80. The molecule has 2 N–H and O–H groups in total. The maximum atomic E-state index is 12.9. The van der Waals surface area contributed by atoms with Gasteiger partial charge in [0.1, 0.15) is 5.69 Å². The number of aromatic amines is 1.